The zero-order chi connectivity index (χ0) is 15.2. The molecule has 1 aliphatic heterocycles. The quantitative estimate of drug-likeness (QED) is 0.872. The van der Waals surface area contributed by atoms with E-state index in [0.29, 0.717) is 13.2 Å². The van der Waals surface area contributed by atoms with Gasteiger partial charge < -0.3 is 14.6 Å². The van der Waals surface area contributed by atoms with E-state index in [1.165, 1.54) is 5.56 Å². The van der Waals surface area contributed by atoms with Crippen molar-refractivity contribution in [1.82, 2.24) is 4.90 Å². The number of hydrogen-bond acceptors (Lipinski definition) is 4. The summed E-state index contributed by atoms with van der Waals surface area (Å²) in [7, 11) is 0. The van der Waals surface area contributed by atoms with Crippen LogP contribution in [0.25, 0.3) is 0 Å². The summed E-state index contributed by atoms with van der Waals surface area (Å²) in [5, 5.41) is 10.2. The van der Waals surface area contributed by atoms with Gasteiger partial charge in [-0.2, -0.15) is 0 Å². The SMILES string of the molecule is CCc1cccc(OCC(O)CN2CC(C)OC(C)C2)c1. The second kappa shape index (κ2) is 7.78. The molecule has 1 aliphatic rings. The summed E-state index contributed by atoms with van der Waals surface area (Å²) in [4.78, 5) is 2.25. The highest BCUT2D eigenvalue weighted by Gasteiger charge is 2.23. The Labute approximate surface area is 127 Å². The van der Waals surface area contributed by atoms with Crippen LogP contribution in [0.15, 0.2) is 24.3 Å². The highest BCUT2D eigenvalue weighted by atomic mass is 16.5. The molecular weight excluding hydrogens is 266 g/mol. The summed E-state index contributed by atoms with van der Waals surface area (Å²) < 4.78 is 11.4. The van der Waals surface area contributed by atoms with Gasteiger partial charge >= 0.3 is 0 Å². The van der Waals surface area contributed by atoms with Gasteiger partial charge in [-0.3, -0.25) is 4.90 Å². The summed E-state index contributed by atoms with van der Waals surface area (Å²) >= 11 is 0. The van der Waals surface area contributed by atoms with Crippen LogP contribution in [0.3, 0.4) is 0 Å². The van der Waals surface area contributed by atoms with Gasteiger partial charge in [0, 0.05) is 19.6 Å². The molecule has 1 fully saturated rings. The van der Waals surface area contributed by atoms with Crippen LogP contribution in [0, 0.1) is 0 Å². The average molecular weight is 293 g/mol. The van der Waals surface area contributed by atoms with E-state index in [4.69, 9.17) is 9.47 Å². The van der Waals surface area contributed by atoms with Crippen LogP contribution in [0.1, 0.15) is 26.3 Å². The van der Waals surface area contributed by atoms with Gasteiger partial charge in [-0.1, -0.05) is 19.1 Å². The molecule has 1 aromatic carbocycles. The van der Waals surface area contributed by atoms with Crippen molar-refractivity contribution in [3.8, 4) is 5.75 Å². The van der Waals surface area contributed by atoms with Crippen molar-refractivity contribution in [2.45, 2.75) is 45.5 Å². The molecule has 0 saturated carbocycles. The second-order valence-corrected chi connectivity index (χ2v) is 5.94. The molecule has 0 bridgehead atoms. The maximum absolute atomic E-state index is 10.2. The average Bonchev–Trinajstić information content (AvgIpc) is 2.44. The third-order valence-electron chi connectivity index (χ3n) is 3.71. The van der Waals surface area contributed by atoms with Gasteiger partial charge in [-0.15, -0.1) is 0 Å². The van der Waals surface area contributed by atoms with E-state index in [0.717, 1.165) is 25.3 Å². The minimum atomic E-state index is -0.479. The number of ether oxygens (including phenoxy) is 2. The van der Waals surface area contributed by atoms with E-state index in [1.807, 2.05) is 18.2 Å². The van der Waals surface area contributed by atoms with E-state index in [9.17, 15) is 5.11 Å². The first-order valence-electron chi connectivity index (χ1n) is 7.84. The Kier molecular flexibility index (Phi) is 6.03. The molecule has 3 unspecified atom stereocenters. The summed E-state index contributed by atoms with van der Waals surface area (Å²) in [5.41, 5.74) is 1.25. The predicted octanol–water partition coefficient (Wildman–Crippen LogP) is 2.10. The Morgan fingerprint density at radius 1 is 1.33 bits per heavy atom. The lowest BCUT2D eigenvalue weighted by molar-refractivity contribution is -0.0786. The second-order valence-electron chi connectivity index (χ2n) is 5.94. The van der Waals surface area contributed by atoms with E-state index >= 15 is 0 Å². The number of nitrogens with zero attached hydrogens (tertiary/aromatic N) is 1. The molecule has 1 N–H and O–H groups in total. The molecule has 1 saturated heterocycles. The molecule has 118 valence electrons. The minimum absolute atomic E-state index is 0.225. The standard InChI is InChI=1S/C17H27NO3/c1-4-15-6-5-7-17(8-15)20-12-16(19)11-18-9-13(2)21-14(3)10-18/h5-8,13-14,16,19H,4,9-12H2,1-3H3. The molecule has 0 amide bonds. The smallest absolute Gasteiger partial charge is 0.119 e. The van der Waals surface area contributed by atoms with Crippen LogP contribution in [0.4, 0.5) is 0 Å². The number of aliphatic hydroxyl groups is 1. The van der Waals surface area contributed by atoms with Crippen molar-refractivity contribution < 1.29 is 14.6 Å². The highest BCUT2D eigenvalue weighted by Crippen LogP contribution is 2.15. The van der Waals surface area contributed by atoms with E-state index < -0.39 is 6.10 Å². The number of rotatable bonds is 6. The molecule has 21 heavy (non-hydrogen) atoms. The van der Waals surface area contributed by atoms with Crippen LogP contribution in [-0.4, -0.2) is 54.6 Å². The zero-order valence-corrected chi connectivity index (χ0v) is 13.3. The van der Waals surface area contributed by atoms with Crippen LogP contribution >= 0.6 is 0 Å². The maximum Gasteiger partial charge on any atom is 0.119 e. The number of morpholine rings is 1. The normalized spacial score (nSPS) is 24.8. The number of hydrogen-bond donors (Lipinski definition) is 1. The minimum Gasteiger partial charge on any atom is -0.491 e. The largest absolute Gasteiger partial charge is 0.491 e. The molecule has 0 aliphatic carbocycles. The van der Waals surface area contributed by atoms with Crippen molar-refractivity contribution in [3.63, 3.8) is 0 Å². The van der Waals surface area contributed by atoms with Crippen LogP contribution in [0.2, 0.25) is 0 Å². The van der Waals surface area contributed by atoms with E-state index in [2.05, 4.69) is 31.7 Å². The fourth-order valence-electron chi connectivity index (χ4n) is 2.83. The van der Waals surface area contributed by atoms with Gasteiger partial charge in [0.15, 0.2) is 0 Å². The first kappa shape index (κ1) is 16.3. The summed E-state index contributed by atoms with van der Waals surface area (Å²) in [5.74, 6) is 0.831. The Morgan fingerprint density at radius 3 is 2.71 bits per heavy atom. The number of β-amino-alcohol motifs (C(OH)–C–C–N with tert-alkyl or cyclic N) is 1. The molecule has 4 nitrogen and oxygen atoms in total. The first-order chi connectivity index (χ1) is 10.1. The third kappa shape index (κ3) is 5.30. The summed E-state index contributed by atoms with van der Waals surface area (Å²) in [6.45, 7) is 8.95. The van der Waals surface area contributed by atoms with Gasteiger partial charge in [-0.25, -0.2) is 0 Å². The van der Waals surface area contributed by atoms with Crippen molar-refractivity contribution in [3.05, 3.63) is 29.8 Å². The van der Waals surface area contributed by atoms with Crippen molar-refractivity contribution >= 4 is 0 Å². The van der Waals surface area contributed by atoms with Gasteiger partial charge in [-0.05, 0) is 38.0 Å². The molecular formula is C17H27NO3. The molecule has 2 rings (SSSR count). The van der Waals surface area contributed by atoms with Crippen molar-refractivity contribution in [1.29, 1.82) is 0 Å². The van der Waals surface area contributed by atoms with Crippen LogP contribution in [-0.2, 0) is 11.2 Å². The third-order valence-corrected chi connectivity index (χ3v) is 3.71. The van der Waals surface area contributed by atoms with Gasteiger partial charge in [0.2, 0.25) is 0 Å². The van der Waals surface area contributed by atoms with E-state index in [-0.39, 0.29) is 12.2 Å². The number of aliphatic hydroxyl groups excluding tert-OH is 1. The zero-order valence-electron chi connectivity index (χ0n) is 13.3. The van der Waals surface area contributed by atoms with Crippen LogP contribution < -0.4 is 4.74 Å². The van der Waals surface area contributed by atoms with Gasteiger partial charge in [0.1, 0.15) is 18.5 Å². The highest BCUT2D eigenvalue weighted by molar-refractivity contribution is 5.28. The Balaban J connectivity index is 1.77. The monoisotopic (exact) mass is 293 g/mol. The van der Waals surface area contributed by atoms with Gasteiger partial charge in [0.05, 0.1) is 12.2 Å². The fourth-order valence-corrected chi connectivity index (χ4v) is 2.83. The number of aryl methyl sites for hydroxylation is 1. The lowest BCUT2D eigenvalue weighted by Gasteiger charge is -2.36. The van der Waals surface area contributed by atoms with Gasteiger partial charge in [0.25, 0.3) is 0 Å². The Morgan fingerprint density at radius 2 is 2.05 bits per heavy atom. The first-order valence-corrected chi connectivity index (χ1v) is 7.84. The predicted molar refractivity (Wildman–Crippen MR) is 83.8 cm³/mol. The van der Waals surface area contributed by atoms with Crippen molar-refractivity contribution in [2.75, 3.05) is 26.2 Å². The molecule has 0 radical (unpaired) electrons. The fraction of sp³-hybridized carbons (Fsp3) is 0.647. The number of benzene rings is 1. The molecule has 3 atom stereocenters. The maximum atomic E-state index is 10.2. The lowest BCUT2D eigenvalue weighted by atomic mass is 10.2. The molecule has 4 heteroatoms. The Hall–Kier alpha value is -1.10. The summed E-state index contributed by atoms with van der Waals surface area (Å²) in [6, 6.07) is 8.04. The summed E-state index contributed by atoms with van der Waals surface area (Å²) in [6.07, 6.45) is 0.961. The molecule has 1 aromatic rings. The lowest BCUT2D eigenvalue weighted by Crippen LogP contribution is -2.48. The van der Waals surface area contributed by atoms with Crippen LogP contribution in [0.5, 0.6) is 5.75 Å². The molecule has 0 spiro atoms. The molecule has 0 aromatic heterocycles. The van der Waals surface area contributed by atoms with E-state index in [1.54, 1.807) is 0 Å². The molecule has 1 heterocycles. The topological polar surface area (TPSA) is 41.9 Å². The van der Waals surface area contributed by atoms with Crippen molar-refractivity contribution in [2.24, 2.45) is 0 Å². The Bertz CT molecular complexity index is 428.